The molecule has 0 spiro atoms. The molecule has 26 heavy (non-hydrogen) atoms. The first-order valence-electron chi connectivity index (χ1n) is 9.27. The molecule has 0 radical (unpaired) electrons. The Kier molecular flexibility index (Phi) is 8.14. The molecule has 2 N–H and O–H groups in total. The van der Waals surface area contributed by atoms with Crippen LogP contribution in [-0.4, -0.2) is 19.0 Å². The van der Waals surface area contributed by atoms with Gasteiger partial charge in [0.05, 0.1) is 6.04 Å². The van der Waals surface area contributed by atoms with E-state index in [1.165, 1.54) is 16.9 Å². The molecule has 2 atom stereocenters. The molecule has 2 aromatic rings. The topological polar surface area (TPSA) is 41.1 Å². The SMILES string of the molecule is CC(C)c1ccc(C(NC(=O)CCC2CCNC2)c2cccs2)cc1.Cl. The molecule has 1 aliphatic rings. The van der Waals surface area contributed by atoms with E-state index in [1.54, 1.807) is 11.3 Å². The number of thiophene rings is 1. The Morgan fingerprint density at radius 3 is 2.54 bits per heavy atom. The Morgan fingerprint density at radius 2 is 1.96 bits per heavy atom. The first kappa shape index (κ1) is 20.9. The number of carbonyl (C=O) groups excluding carboxylic acids is 1. The van der Waals surface area contributed by atoms with Gasteiger partial charge in [-0.3, -0.25) is 4.79 Å². The van der Waals surface area contributed by atoms with Crippen LogP contribution in [0.2, 0.25) is 0 Å². The number of amides is 1. The lowest BCUT2D eigenvalue weighted by Crippen LogP contribution is -2.29. The molecular formula is C21H29ClN2OS. The Morgan fingerprint density at radius 1 is 1.23 bits per heavy atom. The van der Waals surface area contributed by atoms with Crippen molar-refractivity contribution in [3.63, 3.8) is 0 Å². The Bertz CT molecular complexity index is 664. The fraction of sp³-hybridized carbons (Fsp3) is 0.476. The van der Waals surface area contributed by atoms with Crippen LogP contribution in [0.4, 0.5) is 0 Å². The molecule has 3 rings (SSSR count). The molecule has 0 saturated carbocycles. The summed E-state index contributed by atoms with van der Waals surface area (Å²) in [6, 6.07) is 12.8. The zero-order chi connectivity index (χ0) is 17.6. The van der Waals surface area contributed by atoms with Gasteiger partial charge in [0, 0.05) is 11.3 Å². The van der Waals surface area contributed by atoms with Crippen molar-refractivity contribution in [3.8, 4) is 0 Å². The predicted molar refractivity (Wildman–Crippen MR) is 112 cm³/mol. The lowest BCUT2D eigenvalue weighted by atomic mass is 9.98. The second-order valence-corrected chi connectivity index (χ2v) is 8.21. The molecule has 1 amide bonds. The molecular weight excluding hydrogens is 364 g/mol. The number of hydrogen-bond donors (Lipinski definition) is 2. The monoisotopic (exact) mass is 392 g/mol. The van der Waals surface area contributed by atoms with Crippen LogP contribution in [0.1, 0.15) is 61.1 Å². The van der Waals surface area contributed by atoms with Crippen LogP contribution in [0, 0.1) is 5.92 Å². The molecule has 1 saturated heterocycles. The van der Waals surface area contributed by atoms with Crippen LogP contribution < -0.4 is 10.6 Å². The van der Waals surface area contributed by atoms with Gasteiger partial charge in [0.15, 0.2) is 0 Å². The highest BCUT2D eigenvalue weighted by Gasteiger charge is 2.20. The summed E-state index contributed by atoms with van der Waals surface area (Å²) in [4.78, 5) is 13.7. The van der Waals surface area contributed by atoms with Crippen LogP contribution in [0.25, 0.3) is 0 Å². The third-order valence-corrected chi connectivity index (χ3v) is 5.95. The molecule has 0 aliphatic carbocycles. The maximum absolute atomic E-state index is 12.5. The molecule has 1 fully saturated rings. The number of benzene rings is 1. The number of nitrogens with one attached hydrogen (secondary N) is 2. The minimum absolute atomic E-state index is 0. The minimum atomic E-state index is -0.0459. The first-order chi connectivity index (χ1) is 12.1. The summed E-state index contributed by atoms with van der Waals surface area (Å²) in [7, 11) is 0. The average molecular weight is 393 g/mol. The summed E-state index contributed by atoms with van der Waals surface area (Å²) in [5, 5.41) is 8.70. The van der Waals surface area contributed by atoms with E-state index in [-0.39, 0.29) is 24.4 Å². The molecule has 1 aliphatic heterocycles. The van der Waals surface area contributed by atoms with Gasteiger partial charge in [-0.05, 0) is 60.3 Å². The minimum Gasteiger partial charge on any atom is -0.344 e. The molecule has 2 heterocycles. The summed E-state index contributed by atoms with van der Waals surface area (Å²) in [6.45, 7) is 6.54. The molecule has 5 heteroatoms. The van der Waals surface area contributed by atoms with Crippen molar-refractivity contribution in [2.45, 2.75) is 45.1 Å². The van der Waals surface area contributed by atoms with E-state index in [9.17, 15) is 4.79 Å². The number of carbonyl (C=O) groups is 1. The van der Waals surface area contributed by atoms with Gasteiger partial charge in [-0.15, -0.1) is 23.7 Å². The highest BCUT2D eigenvalue weighted by atomic mass is 35.5. The number of rotatable bonds is 7. The molecule has 0 bridgehead atoms. The van der Waals surface area contributed by atoms with Crippen LogP contribution in [0.3, 0.4) is 0 Å². The van der Waals surface area contributed by atoms with E-state index in [1.807, 2.05) is 6.07 Å². The Balaban J connectivity index is 0.00000243. The van der Waals surface area contributed by atoms with E-state index < -0.39 is 0 Å². The van der Waals surface area contributed by atoms with Crippen LogP contribution in [0.5, 0.6) is 0 Å². The van der Waals surface area contributed by atoms with Crippen molar-refractivity contribution in [3.05, 3.63) is 57.8 Å². The van der Waals surface area contributed by atoms with Gasteiger partial charge in [0.2, 0.25) is 5.91 Å². The van der Waals surface area contributed by atoms with Gasteiger partial charge in [0.25, 0.3) is 0 Å². The van der Waals surface area contributed by atoms with Crippen molar-refractivity contribution in [1.82, 2.24) is 10.6 Å². The second kappa shape index (κ2) is 10.1. The quantitative estimate of drug-likeness (QED) is 0.704. The zero-order valence-electron chi connectivity index (χ0n) is 15.5. The smallest absolute Gasteiger partial charge is 0.220 e. The largest absolute Gasteiger partial charge is 0.344 e. The van der Waals surface area contributed by atoms with E-state index in [4.69, 9.17) is 0 Å². The Hall–Kier alpha value is -1.36. The number of halogens is 1. The third kappa shape index (κ3) is 5.57. The van der Waals surface area contributed by atoms with E-state index >= 15 is 0 Å². The highest BCUT2D eigenvalue weighted by Crippen LogP contribution is 2.28. The standard InChI is InChI=1S/C21H28N2OS.ClH/c1-15(2)17-6-8-18(9-7-17)21(19-4-3-13-25-19)23-20(24)10-5-16-11-12-22-14-16;/h3-4,6-9,13,15-16,21-22H,5,10-12,14H2,1-2H3,(H,23,24);1H. The molecule has 1 aromatic carbocycles. The lowest BCUT2D eigenvalue weighted by Gasteiger charge is -2.19. The van der Waals surface area contributed by atoms with Gasteiger partial charge < -0.3 is 10.6 Å². The molecule has 3 nitrogen and oxygen atoms in total. The fourth-order valence-electron chi connectivity index (χ4n) is 3.38. The van der Waals surface area contributed by atoms with Crippen molar-refractivity contribution in [2.24, 2.45) is 5.92 Å². The summed E-state index contributed by atoms with van der Waals surface area (Å²) < 4.78 is 0. The zero-order valence-corrected chi connectivity index (χ0v) is 17.2. The van der Waals surface area contributed by atoms with Crippen LogP contribution in [-0.2, 0) is 4.79 Å². The molecule has 1 aromatic heterocycles. The van der Waals surface area contributed by atoms with Crippen molar-refractivity contribution in [2.75, 3.05) is 13.1 Å². The van der Waals surface area contributed by atoms with E-state index in [0.29, 0.717) is 18.3 Å². The van der Waals surface area contributed by atoms with E-state index in [0.717, 1.165) is 25.1 Å². The van der Waals surface area contributed by atoms with Gasteiger partial charge in [-0.1, -0.05) is 44.2 Å². The van der Waals surface area contributed by atoms with E-state index in [2.05, 4.69) is 60.2 Å². The molecule has 2 unspecified atom stereocenters. The average Bonchev–Trinajstić information content (AvgIpc) is 3.31. The summed E-state index contributed by atoms with van der Waals surface area (Å²) in [6.07, 6.45) is 2.78. The van der Waals surface area contributed by atoms with Crippen LogP contribution >= 0.6 is 23.7 Å². The first-order valence-corrected chi connectivity index (χ1v) is 10.1. The number of hydrogen-bond acceptors (Lipinski definition) is 3. The van der Waals surface area contributed by atoms with Gasteiger partial charge >= 0.3 is 0 Å². The maximum atomic E-state index is 12.5. The highest BCUT2D eigenvalue weighted by molar-refractivity contribution is 7.10. The summed E-state index contributed by atoms with van der Waals surface area (Å²) in [5.41, 5.74) is 2.48. The van der Waals surface area contributed by atoms with Crippen molar-refractivity contribution >= 4 is 29.7 Å². The normalized spacial score (nSPS) is 17.7. The van der Waals surface area contributed by atoms with Crippen LogP contribution in [0.15, 0.2) is 41.8 Å². The van der Waals surface area contributed by atoms with Gasteiger partial charge in [0.1, 0.15) is 0 Å². The second-order valence-electron chi connectivity index (χ2n) is 7.23. The third-order valence-electron chi connectivity index (χ3n) is 5.01. The lowest BCUT2D eigenvalue weighted by molar-refractivity contribution is -0.121. The fourth-order valence-corrected chi connectivity index (χ4v) is 4.18. The van der Waals surface area contributed by atoms with Crippen molar-refractivity contribution in [1.29, 1.82) is 0 Å². The Labute approximate surface area is 167 Å². The predicted octanol–water partition coefficient (Wildman–Crippen LogP) is 4.89. The maximum Gasteiger partial charge on any atom is 0.220 e. The molecule has 142 valence electrons. The summed E-state index contributed by atoms with van der Waals surface area (Å²) in [5.74, 6) is 1.32. The summed E-state index contributed by atoms with van der Waals surface area (Å²) >= 11 is 1.70. The van der Waals surface area contributed by atoms with Gasteiger partial charge in [-0.2, -0.15) is 0 Å². The van der Waals surface area contributed by atoms with Gasteiger partial charge in [-0.25, -0.2) is 0 Å². The van der Waals surface area contributed by atoms with Crippen molar-refractivity contribution < 1.29 is 4.79 Å².